The number of carbonyl (C=O) groups excluding carboxylic acids is 1. The van der Waals surface area contributed by atoms with Gasteiger partial charge in [-0.05, 0) is 19.4 Å². The summed E-state index contributed by atoms with van der Waals surface area (Å²) in [4.78, 5) is 10.8. The zero-order valence-corrected chi connectivity index (χ0v) is 10.2. The molecule has 2 N–H and O–H groups in total. The normalized spacial score (nSPS) is 21.1. The van der Waals surface area contributed by atoms with Crippen LogP contribution in [0.15, 0.2) is 0 Å². The minimum Gasteiger partial charge on any atom is -0.452 e. The summed E-state index contributed by atoms with van der Waals surface area (Å²) in [6.45, 7) is 1.25. The first kappa shape index (κ1) is 13.2. The summed E-state index contributed by atoms with van der Waals surface area (Å²) >= 11 is 0. The van der Waals surface area contributed by atoms with Gasteiger partial charge in [-0.25, -0.2) is 9.52 Å². The Hall–Kier alpha value is -0.860. The highest BCUT2D eigenvalue weighted by Crippen LogP contribution is 2.07. The maximum Gasteiger partial charge on any atom is 0.421 e. The van der Waals surface area contributed by atoms with Gasteiger partial charge in [-0.1, -0.05) is 0 Å². The minimum atomic E-state index is -3.79. The second kappa shape index (κ2) is 5.46. The molecule has 1 fully saturated rings. The van der Waals surface area contributed by atoms with E-state index in [9.17, 15) is 13.2 Å². The van der Waals surface area contributed by atoms with Crippen LogP contribution in [0.2, 0.25) is 0 Å². The molecule has 1 rings (SSSR count). The van der Waals surface area contributed by atoms with Crippen molar-refractivity contribution in [1.29, 1.82) is 0 Å². The van der Waals surface area contributed by atoms with E-state index in [4.69, 9.17) is 0 Å². The maximum absolute atomic E-state index is 11.6. The standard InChI is InChI=1S/C8H17N3O4S/c1-11(6-7-4-3-5-9-7)16(13,14)10-8(12)15-2/h7,9H,3-6H2,1-2H3,(H,10,12). The van der Waals surface area contributed by atoms with Gasteiger partial charge in [0.2, 0.25) is 0 Å². The molecule has 1 atom stereocenters. The van der Waals surface area contributed by atoms with E-state index in [0.29, 0.717) is 6.54 Å². The summed E-state index contributed by atoms with van der Waals surface area (Å²) in [6.07, 6.45) is 1.01. The zero-order chi connectivity index (χ0) is 12.2. The maximum atomic E-state index is 11.6. The molecule has 0 aromatic heterocycles. The average Bonchev–Trinajstić information content (AvgIpc) is 2.69. The lowest BCUT2D eigenvalue weighted by molar-refractivity contribution is 0.177. The van der Waals surface area contributed by atoms with Crippen molar-refractivity contribution < 1.29 is 17.9 Å². The first-order valence-corrected chi connectivity index (χ1v) is 6.45. The Kier molecular flexibility index (Phi) is 4.51. The number of nitrogens with zero attached hydrogens (tertiary/aromatic N) is 1. The van der Waals surface area contributed by atoms with Crippen LogP contribution in [-0.4, -0.2) is 52.1 Å². The van der Waals surface area contributed by atoms with Crippen molar-refractivity contribution in [2.24, 2.45) is 0 Å². The number of hydrogen-bond acceptors (Lipinski definition) is 5. The van der Waals surface area contributed by atoms with Gasteiger partial charge in [-0.3, -0.25) is 0 Å². The van der Waals surface area contributed by atoms with Gasteiger partial charge >= 0.3 is 16.3 Å². The van der Waals surface area contributed by atoms with Crippen LogP contribution in [0.5, 0.6) is 0 Å². The third kappa shape index (κ3) is 3.62. The SMILES string of the molecule is COC(=O)NS(=O)(=O)N(C)CC1CCCN1. The van der Waals surface area contributed by atoms with Gasteiger partial charge in [-0.2, -0.15) is 12.7 Å². The van der Waals surface area contributed by atoms with E-state index >= 15 is 0 Å². The van der Waals surface area contributed by atoms with E-state index < -0.39 is 16.3 Å². The Morgan fingerprint density at radius 1 is 1.62 bits per heavy atom. The lowest BCUT2D eigenvalue weighted by Gasteiger charge is -2.20. The Morgan fingerprint density at radius 2 is 2.31 bits per heavy atom. The van der Waals surface area contributed by atoms with Gasteiger partial charge in [0.05, 0.1) is 7.11 Å². The summed E-state index contributed by atoms with van der Waals surface area (Å²) in [5.74, 6) is 0. The highest BCUT2D eigenvalue weighted by molar-refractivity contribution is 7.87. The van der Waals surface area contributed by atoms with Crippen LogP contribution >= 0.6 is 0 Å². The van der Waals surface area contributed by atoms with Crippen LogP contribution in [0.3, 0.4) is 0 Å². The summed E-state index contributed by atoms with van der Waals surface area (Å²) in [5.41, 5.74) is 0. The van der Waals surface area contributed by atoms with Crippen molar-refractivity contribution in [3.05, 3.63) is 0 Å². The van der Waals surface area contributed by atoms with E-state index in [2.05, 4.69) is 10.1 Å². The van der Waals surface area contributed by atoms with E-state index in [1.807, 2.05) is 0 Å². The van der Waals surface area contributed by atoms with Crippen LogP contribution in [0, 0.1) is 0 Å². The van der Waals surface area contributed by atoms with Crippen LogP contribution in [0.1, 0.15) is 12.8 Å². The zero-order valence-electron chi connectivity index (χ0n) is 9.39. The van der Waals surface area contributed by atoms with Gasteiger partial charge in [-0.15, -0.1) is 0 Å². The molecule has 1 heterocycles. The number of methoxy groups -OCH3 is 1. The number of hydrogen-bond donors (Lipinski definition) is 2. The molecule has 0 saturated carbocycles. The molecule has 7 nitrogen and oxygen atoms in total. The molecule has 1 aliphatic heterocycles. The second-order valence-corrected chi connectivity index (χ2v) is 5.45. The second-order valence-electron chi connectivity index (χ2n) is 3.67. The van der Waals surface area contributed by atoms with Gasteiger partial charge in [0.1, 0.15) is 0 Å². The molecule has 0 aliphatic carbocycles. The topological polar surface area (TPSA) is 87.7 Å². The molecule has 1 aliphatic rings. The lowest BCUT2D eigenvalue weighted by Crippen LogP contribution is -2.46. The highest BCUT2D eigenvalue weighted by atomic mass is 32.2. The summed E-state index contributed by atoms with van der Waals surface area (Å²) < 4.78 is 30.3. The monoisotopic (exact) mass is 251 g/mol. The van der Waals surface area contributed by atoms with Gasteiger partial charge in [0.15, 0.2) is 0 Å². The Balaban J connectivity index is 2.50. The number of amides is 1. The molecular formula is C8H17N3O4S. The fourth-order valence-corrected chi connectivity index (χ4v) is 2.37. The smallest absolute Gasteiger partial charge is 0.421 e. The number of rotatable bonds is 4. The Morgan fingerprint density at radius 3 is 2.81 bits per heavy atom. The number of carbonyl (C=O) groups is 1. The summed E-state index contributed by atoms with van der Waals surface area (Å²) in [7, 11) is -1.25. The van der Waals surface area contributed by atoms with E-state index in [1.54, 1.807) is 4.72 Å². The predicted molar refractivity (Wildman–Crippen MR) is 58.1 cm³/mol. The average molecular weight is 251 g/mol. The molecule has 1 saturated heterocycles. The molecular weight excluding hydrogens is 234 g/mol. The molecule has 0 spiro atoms. The summed E-state index contributed by atoms with van der Waals surface area (Å²) in [6, 6.07) is 0.152. The fourth-order valence-electron chi connectivity index (χ4n) is 1.55. The van der Waals surface area contributed by atoms with Crippen molar-refractivity contribution in [3.63, 3.8) is 0 Å². The Bertz CT molecular complexity index is 337. The van der Waals surface area contributed by atoms with E-state index in [0.717, 1.165) is 30.8 Å². The molecule has 16 heavy (non-hydrogen) atoms. The molecule has 1 amide bonds. The van der Waals surface area contributed by atoms with Crippen molar-refractivity contribution in [1.82, 2.24) is 14.3 Å². The fraction of sp³-hybridized carbons (Fsp3) is 0.875. The summed E-state index contributed by atoms with van der Waals surface area (Å²) in [5, 5.41) is 3.18. The predicted octanol–water partition coefficient (Wildman–Crippen LogP) is -0.729. The van der Waals surface area contributed by atoms with Crippen molar-refractivity contribution in [2.75, 3.05) is 27.2 Å². The molecule has 8 heteroatoms. The molecule has 0 aromatic rings. The number of likely N-dealkylation sites (N-methyl/N-ethyl adjacent to an activating group) is 1. The molecule has 94 valence electrons. The van der Waals surface area contributed by atoms with Gasteiger partial charge in [0, 0.05) is 19.6 Å². The van der Waals surface area contributed by atoms with Gasteiger partial charge in [0.25, 0.3) is 0 Å². The minimum absolute atomic E-state index is 0.152. The van der Waals surface area contributed by atoms with Crippen LogP contribution in [0.25, 0.3) is 0 Å². The van der Waals surface area contributed by atoms with Crippen molar-refractivity contribution in [3.8, 4) is 0 Å². The molecule has 1 unspecified atom stereocenters. The van der Waals surface area contributed by atoms with Gasteiger partial charge < -0.3 is 10.1 Å². The lowest BCUT2D eigenvalue weighted by atomic mass is 10.2. The van der Waals surface area contributed by atoms with Crippen LogP contribution < -0.4 is 10.0 Å². The van der Waals surface area contributed by atoms with E-state index in [1.165, 1.54) is 7.05 Å². The highest BCUT2D eigenvalue weighted by Gasteiger charge is 2.25. The quantitative estimate of drug-likeness (QED) is 0.688. The van der Waals surface area contributed by atoms with Crippen molar-refractivity contribution in [2.45, 2.75) is 18.9 Å². The largest absolute Gasteiger partial charge is 0.452 e. The van der Waals surface area contributed by atoms with Crippen molar-refractivity contribution >= 4 is 16.3 Å². The third-order valence-corrected chi connectivity index (χ3v) is 3.84. The first-order valence-electron chi connectivity index (χ1n) is 5.01. The molecule has 0 radical (unpaired) electrons. The molecule has 0 bridgehead atoms. The van der Waals surface area contributed by atoms with Crippen LogP contribution in [0.4, 0.5) is 4.79 Å². The Labute approximate surface area is 95.3 Å². The van der Waals surface area contributed by atoms with E-state index in [-0.39, 0.29) is 6.04 Å². The number of nitrogens with one attached hydrogen (secondary N) is 2. The van der Waals surface area contributed by atoms with Crippen LogP contribution in [-0.2, 0) is 14.9 Å². The first-order chi connectivity index (χ1) is 7.45. The molecule has 0 aromatic carbocycles. The number of ether oxygens (including phenoxy) is 1. The third-order valence-electron chi connectivity index (χ3n) is 2.45.